The van der Waals surface area contributed by atoms with Gasteiger partial charge in [-0.25, -0.2) is 0 Å². The van der Waals surface area contributed by atoms with E-state index in [-0.39, 0.29) is 24.3 Å². The van der Waals surface area contributed by atoms with Gasteiger partial charge in [0, 0.05) is 27.9 Å². The molecule has 2 amide bonds. The lowest BCUT2D eigenvalue weighted by Gasteiger charge is -2.33. The SMILES string of the molecule is C=C/C(=C\C)N(C(=O)Cc1cccs1)C1C(=O)N(C2CCCCC2)c2ccccc21. The minimum atomic E-state index is -0.639. The van der Waals surface area contributed by atoms with Gasteiger partial charge in [-0.15, -0.1) is 11.3 Å². The molecule has 0 bridgehead atoms. The Bertz CT molecular complexity index is 957. The number of rotatable bonds is 6. The van der Waals surface area contributed by atoms with Crippen molar-refractivity contribution >= 4 is 28.8 Å². The second-order valence-corrected chi connectivity index (χ2v) is 8.93. The summed E-state index contributed by atoms with van der Waals surface area (Å²) in [5.74, 6) is -0.0760. The number of carbonyl (C=O) groups excluding carboxylic acids is 2. The predicted octanol–water partition coefficient (Wildman–Crippen LogP) is 5.63. The average Bonchev–Trinajstić information content (AvgIpc) is 3.38. The standard InChI is InChI=1S/C25H28N2O2S/c1-3-18(4-2)27(23(28)17-20-13-10-16-30-20)24-21-14-8-9-15-22(21)26(25(24)29)19-11-6-5-7-12-19/h3-4,8-10,13-16,19,24H,1,5-7,11-12,17H2,2H3/b18-4+. The highest BCUT2D eigenvalue weighted by Gasteiger charge is 2.45. The highest BCUT2D eigenvalue weighted by molar-refractivity contribution is 7.10. The fraction of sp³-hybridized carbons (Fsp3) is 0.360. The molecule has 0 spiro atoms. The largest absolute Gasteiger partial charge is 0.307 e. The van der Waals surface area contributed by atoms with E-state index in [9.17, 15) is 9.59 Å². The molecule has 1 aliphatic heterocycles. The van der Waals surface area contributed by atoms with Crippen molar-refractivity contribution in [2.75, 3.05) is 4.90 Å². The molecule has 1 aliphatic carbocycles. The van der Waals surface area contributed by atoms with Gasteiger partial charge < -0.3 is 4.90 Å². The van der Waals surface area contributed by atoms with Crippen molar-refractivity contribution in [3.8, 4) is 0 Å². The van der Waals surface area contributed by atoms with Gasteiger partial charge in [0.1, 0.15) is 6.04 Å². The van der Waals surface area contributed by atoms with Crippen LogP contribution < -0.4 is 4.90 Å². The van der Waals surface area contributed by atoms with Crippen LogP contribution in [0.1, 0.15) is 55.5 Å². The first-order valence-corrected chi connectivity index (χ1v) is 11.6. The maximum atomic E-state index is 13.8. The Balaban J connectivity index is 1.75. The van der Waals surface area contributed by atoms with Crippen molar-refractivity contribution in [2.45, 2.75) is 57.5 Å². The lowest BCUT2D eigenvalue weighted by atomic mass is 9.94. The lowest BCUT2D eigenvalue weighted by molar-refractivity contribution is -0.136. The number of hydrogen-bond acceptors (Lipinski definition) is 3. The smallest absolute Gasteiger partial charge is 0.255 e. The normalized spacial score (nSPS) is 19.6. The summed E-state index contributed by atoms with van der Waals surface area (Å²) in [6.07, 6.45) is 9.38. The molecule has 2 aliphatic rings. The number of hydrogen-bond donors (Lipinski definition) is 0. The third-order valence-electron chi connectivity index (χ3n) is 6.12. The second kappa shape index (κ2) is 9.00. The van der Waals surface area contributed by atoms with Crippen LogP contribution in [0.2, 0.25) is 0 Å². The zero-order valence-corrected chi connectivity index (χ0v) is 18.2. The maximum Gasteiger partial charge on any atom is 0.255 e. The summed E-state index contributed by atoms with van der Waals surface area (Å²) in [6, 6.07) is 11.4. The lowest BCUT2D eigenvalue weighted by Crippen LogP contribution is -2.45. The van der Waals surface area contributed by atoms with Crippen molar-refractivity contribution in [3.05, 3.63) is 76.6 Å². The van der Waals surface area contributed by atoms with Crippen LogP contribution in [0, 0.1) is 0 Å². The minimum Gasteiger partial charge on any atom is -0.307 e. The van der Waals surface area contributed by atoms with Crippen molar-refractivity contribution in [1.29, 1.82) is 0 Å². The average molecular weight is 421 g/mol. The summed E-state index contributed by atoms with van der Waals surface area (Å²) < 4.78 is 0. The van der Waals surface area contributed by atoms with Crippen molar-refractivity contribution in [3.63, 3.8) is 0 Å². The van der Waals surface area contributed by atoms with E-state index in [4.69, 9.17) is 0 Å². The van der Waals surface area contributed by atoms with E-state index in [1.54, 1.807) is 22.3 Å². The number of allylic oxidation sites excluding steroid dienone is 2. The molecule has 30 heavy (non-hydrogen) atoms. The Labute approximate surface area is 182 Å². The van der Waals surface area contributed by atoms with Crippen LogP contribution in [0.25, 0.3) is 0 Å². The Morgan fingerprint density at radius 2 is 1.97 bits per heavy atom. The van der Waals surface area contributed by atoms with E-state index in [0.29, 0.717) is 5.70 Å². The third-order valence-corrected chi connectivity index (χ3v) is 6.99. The van der Waals surface area contributed by atoms with Crippen LogP contribution in [0.15, 0.2) is 66.2 Å². The molecule has 1 aromatic carbocycles. The zero-order valence-electron chi connectivity index (χ0n) is 17.4. The van der Waals surface area contributed by atoms with Gasteiger partial charge in [0.15, 0.2) is 0 Å². The van der Waals surface area contributed by atoms with Gasteiger partial charge in [-0.2, -0.15) is 0 Å². The van der Waals surface area contributed by atoms with Crippen LogP contribution in [0.3, 0.4) is 0 Å². The number of para-hydroxylation sites is 1. The van der Waals surface area contributed by atoms with Crippen molar-refractivity contribution < 1.29 is 9.59 Å². The topological polar surface area (TPSA) is 40.6 Å². The summed E-state index contributed by atoms with van der Waals surface area (Å²) in [6.45, 7) is 5.79. The van der Waals surface area contributed by atoms with Crippen molar-refractivity contribution in [1.82, 2.24) is 4.90 Å². The molecule has 0 saturated heterocycles. The molecule has 1 aromatic heterocycles. The Morgan fingerprint density at radius 1 is 1.20 bits per heavy atom. The number of fused-ring (bicyclic) bond motifs is 1. The molecule has 4 rings (SSSR count). The number of carbonyl (C=O) groups is 2. The number of thiophene rings is 1. The molecule has 0 radical (unpaired) electrons. The molecule has 2 heterocycles. The summed E-state index contributed by atoms with van der Waals surface area (Å²) in [5.41, 5.74) is 2.54. The van der Waals surface area contributed by atoms with Gasteiger partial charge in [-0.05, 0) is 43.4 Å². The number of benzene rings is 1. The summed E-state index contributed by atoms with van der Waals surface area (Å²) in [4.78, 5) is 31.9. The Morgan fingerprint density at radius 3 is 2.63 bits per heavy atom. The molecule has 156 valence electrons. The third kappa shape index (κ3) is 3.74. The fourth-order valence-electron chi connectivity index (χ4n) is 4.73. The van der Waals surface area contributed by atoms with Crippen LogP contribution in [0.5, 0.6) is 0 Å². The Hall–Kier alpha value is -2.66. The number of amides is 2. The van der Waals surface area contributed by atoms with Gasteiger partial charge in [-0.3, -0.25) is 14.5 Å². The molecule has 5 heteroatoms. The predicted molar refractivity (Wildman–Crippen MR) is 122 cm³/mol. The number of anilines is 1. The summed E-state index contributed by atoms with van der Waals surface area (Å²) >= 11 is 1.56. The van der Waals surface area contributed by atoms with Gasteiger partial charge in [-0.1, -0.05) is 56.2 Å². The minimum absolute atomic E-state index is 0.00355. The molecule has 1 saturated carbocycles. The molecule has 1 fully saturated rings. The molecule has 1 unspecified atom stereocenters. The second-order valence-electron chi connectivity index (χ2n) is 7.90. The van der Waals surface area contributed by atoms with E-state index >= 15 is 0 Å². The van der Waals surface area contributed by atoms with Crippen LogP contribution in [-0.4, -0.2) is 22.8 Å². The number of nitrogens with zero attached hydrogens (tertiary/aromatic N) is 2. The van der Waals surface area contributed by atoms with Gasteiger partial charge >= 0.3 is 0 Å². The van der Waals surface area contributed by atoms with E-state index in [0.717, 1.165) is 41.8 Å². The quantitative estimate of drug-likeness (QED) is 0.568. The molecule has 0 N–H and O–H groups in total. The molecule has 2 aromatic rings. The van der Waals surface area contributed by atoms with Gasteiger partial charge in [0.05, 0.1) is 6.42 Å². The zero-order chi connectivity index (χ0) is 21.1. The first-order chi connectivity index (χ1) is 14.7. The monoisotopic (exact) mass is 420 g/mol. The summed E-state index contributed by atoms with van der Waals surface area (Å²) in [7, 11) is 0. The van der Waals surface area contributed by atoms with E-state index in [1.807, 2.05) is 59.7 Å². The molecular formula is C25H28N2O2S. The van der Waals surface area contributed by atoms with Gasteiger partial charge in [0.25, 0.3) is 5.91 Å². The van der Waals surface area contributed by atoms with Crippen molar-refractivity contribution in [2.24, 2.45) is 0 Å². The van der Waals surface area contributed by atoms with Crippen LogP contribution in [-0.2, 0) is 16.0 Å². The van der Waals surface area contributed by atoms with E-state index < -0.39 is 6.04 Å². The van der Waals surface area contributed by atoms with E-state index in [1.165, 1.54) is 6.42 Å². The fourth-order valence-corrected chi connectivity index (χ4v) is 5.42. The van der Waals surface area contributed by atoms with Gasteiger partial charge in [0.2, 0.25) is 5.91 Å². The first kappa shape index (κ1) is 20.6. The van der Waals surface area contributed by atoms with Crippen LogP contribution >= 0.6 is 11.3 Å². The van der Waals surface area contributed by atoms with Crippen LogP contribution in [0.4, 0.5) is 5.69 Å². The highest BCUT2D eigenvalue weighted by Crippen LogP contribution is 2.44. The first-order valence-electron chi connectivity index (χ1n) is 10.7. The molecular weight excluding hydrogens is 392 g/mol. The molecule has 1 atom stereocenters. The Kier molecular flexibility index (Phi) is 6.18. The molecule has 4 nitrogen and oxygen atoms in total. The maximum absolute atomic E-state index is 13.8. The highest BCUT2D eigenvalue weighted by atomic mass is 32.1. The van der Waals surface area contributed by atoms with E-state index in [2.05, 4.69) is 6.58 Å². The summed E-state index contributed by atoms with van der Waals surface area (Å²) in [5, 5.41) is 1.97.